The Labute approximate surface area is 44.6 Å². The summed E-state index contributed by atoms with van der Waals surface area (Å²) in [6.45, 7) is 0. The van der Waals surface area contributed by atoms with Crippen LogP contribution in [0.25, 0.3) is 0 Å². The van der Waals surface area contributed by atoms with Gasteiger partial charge in [0.25, 0.3) is 0 Å². The number of hydrogen-bond acceptors (Lipinski definition) is 0. The van der Waals surface area contributed by atoms with Gasteiger partial charge in [-0.15, -0.1) is 0 Å². The first-order valence-electron chi connectivity index (χ1n) is 2.04. The average molecular weight is 277 g/mol. The molecule has 0 aromatic rings. The van der Waals surface area contributed by atoms with Crippen LogP contribution in [0.3, 0.4) is 0 Å². The topological polar surface area (TPSA) is 0 Å². The van der Waals surface area contributed by atoms with Crippen molar-refractivity contribution < 1.29 is 0 Å². The normalized spacial score (nSPS) is 10.3. The van der Waals surface area contributed by atoms with Crippen LogP contribution in [0.5, 0.6) is 0 Å². The Kier molecular flexibility index (Phi) is 2.13. The number of hydrogen-bond donors (Lipinski definition) is 0. The van der Waals surface area contributed by atoms with Gasteiger partial charge in [-0.1, -0.05) is 0 Å². The second-order valence-corrected chi connectivity index (χ2v) is 21.0. The van der Waals surface area contributed by atoms with E-state index in [2.05, 4.69) is 16.9 Å². The van der Waals surface area contributed by atoms with Crippen LogP contribution in [0.4, 0.5) is 0 Å². The molecule has 6 heavy (non-hydrogen) atoms. The van der Waals surface area contributed by atoms with Gasteiger partial charge < -0.3 is 0 Å². The minimum absolute atomic E-state index is 1.81. The Morgan fingerprint density at radius 2 is 1.50 bits per heavy atom. The summed E-state index contributed by atoms with van der Waals surface area (Å²) < 4.78 is 9.51. The maximum atomic E-state index is 5.15. The summed E-state index contributed by atoms with van der Waals surface area (Å²) in [6.07, 6.45) is 5.15. The zero-order valence-corrected chi connectivity index (χ0v) is 8.46. The van der Waals surface area contributed by atoms with E-state index >= 15 is 0 Å². The van der Waals surface area contributed by atoms with E-state index in [9.17, 15) is 0 Å². The summed E-state index contributed by atoms with van der Waals surface area (Å²) in [4.78, 5) is 0. The van der Waals surface area contributed by atoms with Crippen LogP contribution < -0.4 is 0 Å². The van der Waals surface area contributed by atoms with E-state index < -0.39 is 21.2 Å². The summed E-state index contributed by atoms with van der Waals surface area (Å²) in [5, 5.41) is 0. The van der Waals surface area contributed by atoms with E-state index in [0.717, 1.165) is 0 Å². The molecule has 0 aliphatic carbocycles. The molecule has 0 aliphatic heterocycles. The molecular weight excluding hydrogens is 267 g/mol. The fraction of sp³-hybridized carbons (Fsp3) is 0.600. The summed E-state index contributed by atoms with van der Waals surface area (Å²) in [5.41, 5.74) is 0. The van der Waals surface area contributed by atoms with Gasteiger partial charge in [0.05, 0.1) is 0 Å². The molecule has 1 heteroatoms. The van der Waals surface area contributed by atoms with E-state index in [4.69, 9.17) is 6.42 Å². The van der Waals surface area contributed by atoms with Gasteiger partial charge in [-0.3, -0.25) is 0 Å². The van der Waals surface area contributed by atoms with Crippen LogP contribution in [-0.2, 0) is 0 Å². The van der Waals surface area contributed by atoms with Gasteiger partial charge in [0.1, 0.15) is 0 Å². The maximum absolute atomic E-state index is 5.15. The number of rotatable bonds is 0. The van der Waals surface area contributed by atoms with Crippen molar-refractivity contribution in [3.63, 3.8) is 0 Å². The molecule has 0 spiro atoms. The molecule has 0 fully saturated rings. The van der Waals surface area contributed by atoms with Crippen molar-refractivity contribution in [2.75, 3.05) is 0 Å². The molecule has 0 aliphatic rings. The molecule has 0 saturated carbocycles. The molecule has 0 aromatic carbocycles. The Morgan fingerprint density at radius 1 is 1.33 bits per heavy atom. The average Bonchev–Trinajstić information content (AvgIpc) is 1.35. The van der Waals surface area contributed by atoms with Gasteiger partial charge in [-0.25, -0.2) is 0 Å². The molecule has 34 valence electrons. The van der Waals surface area contributed by atoms with E-state index in [1.54, 1.807) is 0 Å². The second-order valence-electron chi connectivity index (χ2n) is 2.39. The van der Waals surface area contributed by atoms with Crippen LogP contribution in [0.2, 0.25) is 13.4 Å². The standard InChI is InChI=1S/C2H.3CH3.Pb/c1-2;;;;/h1H;3*1H3;. The predicted octanol–water partition coefficient (Wildman–Crippen LogP) is 1.50. The first-order valence-corrected chi connectivity index (χ1v) is 15.6. The molecule has 0 amide bonds. The van der Waals surface area contributed by atoms with Gasteiger partial charge in [0.15, 0.2) is 0 Å². The van der Waals surface area contributed by atoms with E-state index in [1.165, 1.54) is 0 Å². The Hall–Kier alpha value is 0.482. The molecular formula is C5H10Pb. The number of terminal acetylenes is 1. The Morgan fingerprint density at radius 3 is 1.50 bits per heavy atom. The summed E-state index contributed by atoms with van der Waals surface area (Å²) >= 11 is -1.81. The Balaban J connectivity index is 3.55. The van der Waals surface area contributed by atoms with Crippen molar-refractivity contribution >= 4 is 21.2 Å². The SMILES string of the molecule is C#[C][Pb]([CH3])([CH3])[CH3]. The fourth-order valence-electron chi connectivity index (χ4n) is 0. The molecule has 0 saturated heterocycles. The van der Waals surface area contributed by atoms with Crippen molar-refractivity contribution in [2.45, 2.75) is 13.4 Å². The monoisotopic (exact) mass is 278 g/mol. The van der Waals surface area contributed by atoms with E-state index in [-0.39, 0.29) is 0 Å². The van der Waals surface area contributed by atoms with Crippen LogP contribution >= 0.6 is 0 Å². The van der Waals surface area contributed by atoms with Crippen LogP contribution in [0, 0.1) is 9.90 Å². The molecule has 0 N–H and O–H groups in total. The van der Waals surface area contributed by atoms with Gasteiger partial charge in [0.2, 0.25) is 0 Å². The fourth-order valence-corrected chi connectivity index (χ4v) is 0. The van der Waals surface area contributed by atoms with Gasteiger partial charge in [-0.05, 0) is 0 Å². The third-order valence-corrected chi connectivity index (χ3v) is 3.80. The third-order valence-electron chi connectivity index (χ3n) is 0.433. The summed E-state index contributed by atoms with van der Waals surface area (Å²) in [7, 11) is 0. The van der Waals surface area contributed by atoms with Gasteiger partial charge in [0, 0.05) is 0 Å². The molecule has 0 aromatic heterocycles. The quantitative estimate of drug-likeness (QED) is 0.465. The molecule has 0 atom stereocenters. The minimum atomic E-state index is -1.81. The summed E-state index contributed by atoms with van der Waals surface area (Å²) in [6, 6.07) is 0. The van der Waals surface area contributed by atoms with E-state index in [1.807, 2.05) is 0 Å². The van der Waals surface area contributed by atoms with Gasteiger partial charge >= 0.3 is 44.5 Å². The molecule has 0 heterocycles. The first-order chi connectivity index (χ1) is 2.56. The van der Waals surface area contributed by atoms with E-state index in [0.29, 0.717) is 0 Å². The predicted molar refractivity (Wildman–Crippen MR) is 32.2 cm³/mol. The Bertz CT molecular complexity index is 70.9. The second kappa shape index (κ2) is 1.97. The van der Waals surface area contributed by atoms with Crippen LogP contribution in [-0.4, -0.2) is 21.2 Å². The zero-order chi connectivity index (χ0) is 5.21. The van der Waals surface area contributed by atoms with Gasteiger partial charge in [-0.2, -0.15) is 0 Å². The first kappa shape index (κ1) is 6.48. The molecule has 0 bridgehead atoms. The molecule has 0 unspecified atom stereocenters. The van der Waals surface area contributed by atoms with Crippen molar-refractivity contribution in [3.05, 3.63) is 0 Å². The van der Waals surface area contributed by atoms with Crippen LogP contribution in [0.1, 0.15) is 0 Å². The molecule has 0 rings (SSSR count). The van der Waals surface area contributed by atoms with Crippen molar-refractivity contribution in [1.29, 1.82) is 0 Å². The third kappa shape index (κ3) is 4.48. The van der Waals surface area contributed by atoms with Crippen LogP contribution in [0.15, 0.2) is 0 Å². The van der Waals surface area contributed by atoms with Crippen molar-refractivity contribution in [2.24, 2.45) is 0 Å². The van der Waals surface area contributed by atoms with Crippen molar-refractivity contribution in [3.8, 4) is 9.90 Å². The van der Waals surface area contributed by atoms with Crippen molar-refractivity contribution in [1.82, 2.24) is 0 Å². The summed E-state index contributed by atoms with van der Waals surface area (Å²) in [5.74, 6) is 0. The molecule has 0 radical (unpaired) electrons. The zero-order valence-electron chi connectivity index (χ0n) is 4.58. The molecule has 0 nitrogen and oxygen atoms in total.